The van der Waals surface area contributed by atoms with Crippen molar-refractivity contribution < 1.29 is 31.1 Å². The first-order chi connectivity index (χ1) is 14.5. The SMILES string of the molecule is Cc1ccc(-c2nc(C(F)(F)F)c3cc(C(=O)C(F)(F)F)c4cccnc4c3n2)cc1. The van der Waals surface area contributed by atoms with E-state index in [-0.39, 0.29) is 27.8 Å². The normalized spacial score (nSPS) is 12.5. The summed E-state index contributed by atoms with van der Waals surface area (Å²) in [4.78, 5) is 23.6. The zero-order valence-electron chi connectivity index (χ0n) is 15.6. The van der Waals surface area contributed by atoms with Crippen LogP contribution in [0.3, 0.4) is 0 Å². The number of nitrogens with zero attached hydrogens (tertiary/aromatic N) is 3. The summed E-state index contributed by atoms with van der Waals surface area (Å²) in [5, 5.41) is -0.985. The number of carbonyl (C=O) groups excluding carboxylic acids is 1. The van der Waals surface area contributed by atoms with Crippen LogP contribution in [-0.4, -0.2) is 26.9 Å². The number of halogens is 6. The number of Topliss-reactive ketones (excluding diaryl/α,β-unsaturated/α-hetero) is 1. The van der Waals surface area contributed by atoms with Gasteiger partial charge in [0.1, 0.15) is 5.52 Å². The van der Waals surface area contributed by atoms with Crippen molar-refractivity contribution in [3.8, 4) is 11.4 Å². The zero-order chi connectivity index (χ0) is 22.6. The van der Waals surface area contributed by atoms with Crippen LogP contribution < -0.4 is 0 Å². The van der Waals surface area contributed by atoms with Gasteiger partial charge in [-0.2, -0.15) is 26.3 Å². The third kappa shape index (κ3) is 3.69. The van der Waals surface area contributed by atoms with E-state index in [0.29, 0.717) is 6.07 Å². The highest BCUT2D eigenvalue weighted by Gasteiger charge is 2.42. The summed E-state index contributed by atoms with van der Waals surface area (Å²) in [6, 6.07) is 9.41. The molecule has 10 heteroatoms. The van der Waals surface area contributed by atoms with Crippen molar-refractivity contribution in [1.82, 2.24) is 15.0 Å². The van der Waals surface area contributed by atoms with E-state index in [1.54, 1.807) is 19.1 Å². The molecule has 0 saturated carbocycles. The molecule has 0 radical (unpaired) electrons. The lowest BCUT2D eigenvalue weighted by Gasteiger charge is -2.15. The number of carbonyl (C=O) groups is 1. The molecular weight excluding hydrogens is 424 g/mol. The molecule has 4 nitrogen and oxygen atoms in total. The molecule has 0 aliphatic rings. The Balaban J connectivity index is 2.15. The zero-order valence-corrected chi connectivity index (χ0v) is 15.6. The van der Waals surface area contributed by atoms with Crippen molar-refractivity contribution >= 4 is 27.6 Å². The Kier molecular flexibility index (Phi) is 4.68. The van der Waals surface area contributed by atoms with Crippen LogP contribution in [0.15, 0.2) is 48.7 Å². The molecule has 158 valence electrons. The third-order valence-electron chi connectivity index (χ3n) is 4.64. The van der Waals surface area contributed by atoms with Gasteiger partial charge in [0.05, 0.1) is 5.52 Å². The Morgan fingerprint density at radius 3 is 2.16 bits per heavy atom. The van der Waals surface area contributed by atoms with Crippen LogP contribution in [0.4, 0.5) is 26.3 Å². The van der Waals surface area contributed by atoms with Crippen molar-refractivity contribution in [2.75, 3.05) is 0 Å². The minimum Gasteiger partial charge on any atom is -0.284 e. The number of aromatic nitrogens is 3. The van der Waals surface area contributed by atoms with Gasteiger partial charge in [-0.1, -0.05) is 35.9 Å². The van der Waals surface area contributed by atoms with Crippen LogP contribution in [0.5, 0.6) is 0 Å². The molecule has 0 unspecified atom stereocenters. The molecule has 0 N–H and O–H groups in total. The molecule has 0 amide bonds. The fraction of sp³-hybridized carbons (Fsp3) is 0.143. The number of benzene rings is 2. The average Bonchev–Trinajstić information content (AvgIpc) is 2.71. The fourth-order valence-corrected chi connectivity index (χ4v) is 3.21. The molecule has 0 fully saturated rings. The van der Waals surface area contributed by atoms with Crippen LogP contribution in [-0.2, 0) is 6.18 Å². The Hall–Kier alpha value is -3.56. The molecule has 2 aromatic heterocycles. The molecule has 4 rings (SSSR count). The number of alkyl halides is 6. The van der Waals surface area contributed by atoms with Crippen LogP contribution in [0, 0.1) is 6.92 Å². The number of aryl methyl sites for hydroxylation is 1. The standard InChI is InChI=1S/C21H11F6N3O/c1-10-4-6-11(7-5-10)19-29-16-14(17(30-19)20(22,23)24)9-13(18(31)21(25,26)27)12-3-2-8-28-15(12)16/h2-9H,1H3. The highest BCUT2D eigenvalue weighted by atomic mass is 19.4. The van der Waals surface area contributed by atoms with Gasteiger partial charge in [0.25, 0.3) is 5.78 Å². The van der Waals surface area contributed by atoms with Gasteiger partial charge in [-0.05, 0) is 19.1 Å². The highest BCUT2D eigenvalue weighted by Crippen LogP contribution is 2.38. The minimum absolute atomic E-state index is 0.251. The van der Waals surface area contributed by atoms with Crippen LogP contribution >= 0.6 is 0 Å². The first kappa shape index (κ1) is 20.7. The van der Waals surface area contributed by atoms with Gasteiger partial charge < -0.3 is 0 Å². The number of pyridine rings is 1. The summed E-state index contributed by atoms with van der Waals surface area (Å²) in [5.41, 5.74) is -1.79. The van der Waals surface area contributed by atoms with Crippen molar-refractivity contribution in [2.24, 2.45) is 0 Å². The lowest BCUT2D eigenvalue weighted by Crippen LogP contribution is -2.23. The molecule has 0 aliphatic heterocycles. The smallest absolute Gasteiger partial charge is 0.284 e. The maximum Gasteiger partial charge on any atom is 0.454 e. The van der Waals surface area contributed by atoms with Gasteiger partial charge in [-0.3, -0.25) is 9.78 Å². The predicted octanol–water partition coefficient (Wildman–Crippen LogP) is 5.92. The van der Waals surface area contributed by atoms with Crippen molar-refractivity contribution in [2.45, 2.75) is 19.3 Å². The lowest BCUT2D eigenvalue weighted by molar-refractivity contribution is -0.139. The maximum absolute atomic E-state index is 13.8. The van der Waals surface area contributed by atoms with E-state index < -0.39 is 34.8 Å². The molecule has 0 aliphatic carbocycles. The van der Waals surface area contributed by atoms with E-state index in [1.165, 1.54) is 30.5 Å². The van der Waals surface area contributed by atoms with Crippen molar-refractivity contribution in [3.63, 3.8) is 0 Å². The topological polar surface area (TPSA) is 55.7 Å². The van der Waals surface area contributed by atoms with E-state index in [0.717, 1.165) is 5.56 Å². The molecule has 2 heterocycles. The largest absolute Gasteiger partial charge is 0.454 e. The molecule has 0 atom stereocenters. The molecule has 0 saturated heterocycles. The first-order valence-corrected chi connectivity index (χ1v) is 8.82. The minimum atomic E-state index is -5.28. The predicted molar refractivity (Wildman–Crippen MR) is 100 cm³/mol. The molecule has 0 spiro atoms. The Morgan fingerprint density at radius 2 is 1.55 bits per heavy atom. The second-order valence-corrected chi connectivity index (χ2v) is 6.81. The molecule has 2 aromatic carbocycles. The summed E-state index contributed by atoms with van der Waals surface area (Å²) in [6.45, 7) is 1.79. The summed E-state index contributed by atoms with van der Waals surface area (Å²) < 4.78 is 80.8. The Labute approximate surface area is 170 Å². The van der Waals surface area contributed by atoms with Gasteiger partial charge in [0.15, 0.2) is 11.5 Å². The summed E-state index contributed by atoms with van der Waals surface area (Å²) in [7, 11) is 0. The number of rotatable bonds is 2. The Bertz CT molecular complexity index is 1330. The molecular formula is C21H11F6N3O. The quantitative estimate of drug-likeness (QED) is 0.223. The summed E-state index contributed by atoms with van der Waals surface area (Å²) in [5.74, 6) is -2.54. The van der Waals surface area contributed by atoms with Gasteiger partial charge >= 0.3 is 12.4 Å². The van der Waals surface area contributed by atoms with Crippen LogP contribution in [0.1, 0.15) is 21.6 Å². The summed E-state index contributed by atoms with van der Waals surface area (Å²) in [6.07, 6.45) is -9.09. The van der Waals surface area contributed by atoms with E-state index in [9.17, 15) is 31.1 Å². The molecule has 0 bridgehead atoms. The van der Waals surface area contributed by atoms with E-state index in [2.05, 4.69) is 15.0 Å². The second kappa shape index (κ2) is 7.00. The monoisotopic (exact) mass is 435 g/mol. The van der Waals surface area contributed by atoms with Crippen LogP contribution in [0.2, 0.25) is 0 Å². The number of hydrogen-bond acceptors (Lipinski definition) is 4. The number of fused-ring (bicyclic) bond motifs is 3. The van der Waals surface area contributed by atoms with Crippen molar-refractivity contribution in [1.29, 1.82) is 0 Å². The van der Waals surface area contributed by atoms with Gasteiger partial charge in [-0.25, -0.2) is 9.97 Å². The third-order valence-corrected chi connectivity index (χ3v) is 4.64. The Morgan fingerprint density at radius 1 is 0.871 bits per heavy atom. The van der Waals surface area contributed by atoms with Crippen LogP contribution in [0.25, 0.3) is 33.2 Å². The molecule has 31 heavy (non-hydrogen) atoms. The highest BCUT2D eigenvalue weighted by molar-refractivity contribution is 6.17. The second-order valence-electron chi connectivity index (χ2n) is 6.81. The van der Waals surface area contributed by atoms with E-state index in [4.69, 9.17) is 0 Å². The number of ketones is 1. The molecule has 4 aromatic rings. The van der Waals surface area contributed by atoms with Gasteiger partial charge in [0, 0.05) is 28.1 Å². The lowest BCUT2D eigenvalue weighted by atomic mass is 9.99. The first-order valence-electron chi connectivity index (χ1n) is 8.82. The maximum atomic E-state index is 13.8. The fourth-order valence-electron chi connectivity index (χ4n) is 3.21. The van der Waals surface area contributed by atoms with Gasteiger partial charge in [-0.15, -0.1) is 0 Å². The van der Waals surface area contributed by atoms with E-state index >= 15 is 0 Å². The van der Waals surface area contributed by atoms with E-state index in [1.807, 2.05) is 0 Å². The van der Waals surface area contributed by atoms with Crippen molar-refractivity contribution in [3.05, 3.63) is 65.5 Å². The summed E-state index contributed by atoms with van der Waals surface area (Å²) >= 11 is 0. The number of hydrogen-bond donors (Lipinski definition) is 0. The average molecular weight is 435 g/mol. The van der Waals surface area contributed by atoms with Gasteiger partial charge in [0.2, 0.25) is 0 Å².